The van der Waals surface area contributed by atoms with Crippen molar-refractivity contribution in [3.05, 3.63) is 29.1 Å². The van der Waals surface area contributed by atoms with Gasteiger partial charge in [0.15, 0.2) is 5.82 Å². The van der Waals surface area contributed by atoms with Crippen molar-refractivity contribution in [1.29, 1.82) is 0 Å². The average Bonchev–Trinajstić information content (AvgIpc) is 2.57. The number of nitrogens with one attached hydrogen (secondary N) is 1. The van der Waals surface area contributed by atoms with Crippen LogP contribution in [0.3, 0.4) is 0 Å². The van der Waals surface area contributed by atoms with Crippen molar-refractivity contribution >= 4 is 19.1 Å². The van der Waals surface area contributed by atoms with Crippen LogP contribution in [0.25, 0.3) is 11.0 Å². The summed E-state index contributed by atoms with van der Waals surface area (Å²) in [5, 5.41) is 0. The minimum atomic E-state index is -1.67. The van der Waals surface area contributed by atoms with Gasteiger partial charge < -0.3 is 4.98 Å². The Morgan fingerprint density at radius 3 is 2.56 bits per heavy atom. The standard InChI is InChI=1S/C13H14F2N2Si/c1-8-16-11-7-10(14)9(5-6-18(2,3)4)12(15)13(11)17-8/h7H,1-4H3,(H,16,17). The van der Waals surface area contributed by atoms with Crippen molar-refractivity contribution in [2.75, 3.05) is 0 Å². The summed E-state index contributed by atoms with van der Waals surface area (Å²) in [6.45, 7) is 7.76. The molecule has 0 unspecified atom stereocenters. The van der Waals surface area contributed by atoms with Crippen molar-refractivity contribution in [3.63, 3.8) is 0 Å². The molecule has 0 radical (unpaired) electrons. The second-order valence-corrected chi connectivity index (χ2v) is 10.0. The van der Waals surface area contributed by atoms with Gasteiger partial charge >= 0.3 is 0 Å². The second kappa shape index (κ2) is 4.21. The maximum Gasteiger partial charge on any atom is 0.169 e. The van der Waals surface area contributed by atoms with Gasteiger partial charge in [-0.2, -0.15) is 0 Å². The third kappa shape index (κ3) is 2.43. The summed E-state index contributed by atoms with van der Waals surface area (Å²) in [4.78, 5) is 6.81. The number of fused-ring (bicyclic) bond motifs is 1. The van der Waals surface area contributed by atoms with Crippen LogP contribution in [0.5, 0.6) is 0 Å². The lowest BCUT2D eigenvalue weighted by Gasteiger charge is -2.04. The summed E-state index contributed by atoms with van der Waals surface area (Å²) in [6, 6.07) is 1.24. The normalized spacial score (nSPS) is 11.4. The van der Waals surface area contributed by atoms with Crippen molar-refractivity contribution in [2.24, 2.45) is 0 Å². The summed E-state index contributed by atoms with van der Waals surface area (Å²) < 4.78 is 27.9. The van der Waals surface area contributed by atoms with Gasteiger partial charge in [0.2, 0.25) is 0 Å². The lowest BCUT2D eigenvalue weighted by Crippen LogP contribution is -2.16. The summed E-state index contributed by atoms with van der Waals surface area (Å²) in [7, 11) is -1.67. The maximum absolute atomic E-state index is 14.1. The Hall–Kier alpha value is -1.67. The molecule has 0 bridgehead atoms. The Morgan fingerprint density at radius 2 is 1.94 bits per heavy atom. The summed E-state index contributed by atoms with van der Waals surface area (Å²) in [5.74, 6) is 1.86. The first-order valence-corrected chi connectivity index (χ1v) is 9.15. The second-order valence-electron chi connectivity index (χ2n) is 5.27. The number of aromatic nitrogens is 2. The van der Waals surface area contributed by atoms with Gasteiger partial charge in [-0.25, -0.2) is 13.8 Å². The van der Waals surface area contributed by atoms with Crippen molar-refractivity contribution < 1.29 is 8.78 Å². The van der Waals surface area contributed by atoms with Crippen LogP contribution in [0, 0.1) is 30.0 Å². The van der Waals surface area contributed by atoms with Crippen LogP contribution >= 0.6 is 0 Å². The first-order chi connectivity index (χ1) is 8.28. The van der Waals surface area contributed by atoms with Gasteiger partial charge in [0.25, 0.3) is 0 Å². The minimum Gasteiger partial charge on any atom is -0.342 e. The van der Waals surface area contributed by atoms with Gasteiger partial charge in [-0.1, -0.05) is 25.6 Å². The zero-order chi connectivity index (χ0) is 13.5. The number of nitrogens with zero attached hydrogens (tertiary/aromatic N) is 1. The molecule has 0 saturated heterocycles. The minimum absolute atomic E-state index is 0.147. The van der Waals surface area contributed by atoms with Gasteiger partial charge in [0, 0.05) is 6.07 Å². The van der Waals surface area contributed by atoms with E-state index >= 15 is 0 Å². The molecule has 0 spiro atoms. The van der Waals surface area contributed by atoms with Crippen molar-refractivity contribution in [3.8, 4) is 11.5 Å². The molecule has 2 aromatic rings. The Bertz CT molecular complexity index is 672. The van der Waals surface area contributed by atoms with E-state index in [2.05, 4.69) is 21.4 Å². The zero-order valence-electron chi connectivity index (χ0n) is 10.8. The fourth-order valence-electron chi connectivity index (χ4n) is 1.57. The molecule has 5 heteroatoms. The van der Waals surface area contributed by atoms with Gasteiger partial charge in [0.1, 0.15) is 25.2 Å². The van der Waals surface area contributed by atoms with Crippen LogP contribution in [0.15, 0.2) is 6.07 Å². The molecule has 1 N–H and O–H groups in total. The molecule has 0 aliphatic heterocycles. The molecule has 0 fully saturated rings. The molecule has 2 rings (SSSR count). The van der Waals surface area contributed by atoms with Gasteiger partial charge in [-0.3, -0.25) is 0 Å². The monoisotopic (exact) mass is 264 g/mol. The van der Waals surface area contributed by atoms with Crippen LogP contribution < -0.4 is 0 Å². The SMILES string of the molecule is Cc1nc2c(F)c(C#C[Si](C)(C)C)c(F)cc2[nH]1. The molecule has 94 valence electrons. The third-order valence-electron chi connectivity index (χ3n) is 2.35. The molecule has 0 atom stereocenters. The summed E-state index contributed by atoms with van der Waals surface area (Å²) in [6.07, 6.45) is 0. The number of hydrogen-bond acceptors (Lipinski definition) is 1. The van der Waals surface area contributed by atoms with Crippen LogP contribution in [0.4, 0.5) is 8.78 Å². The summed E-state index contributed by atoms with van der Waals surface area (Å²) in [5.41, 5.74) is 3.29. The highest BCUT2D eigenvalue weighted by atomic mass is 28.3. The number of imidazole rings is 1. The van der Waals surface area contributed by atoms with Crippen LogP contribution in [0.2, 0.25) is 19.6 Å². The molecule has 0 saturated carbocycles. The van der Waals surface area contributed by atoms with Crippen molar-refractivity contribution in [1.82, 2.24) is 9.97 Å². The number of rotatable bonds is 0. The predicted molar refractivity (Wildman–Crippen MR) is 71.0 cm³/mol. The van der Waals surface area contributed by atoms with Crippen LogP contribution in [0.1, 0.15) is 11.4 Å². The highest BCUT2D eigenvalue weighted by molar-refractivity contribution is 6.83. The third-order valence-corrected chi connectivity index (χ3v) is 3.22. The number of halogens is 2. The fraction of sp³-hybridized carbons (Fsp3) is 0.308. The highest BCUT2D eigenvalue weighted by Gasteiger charge is 2.16. The Morgan fingerprint density at radius 1 is 1.28 bits per heavy atom. The Balaban J connectivity index is 2.66. The number of H-pyrrole nitrogens is 1. The van der Waals surface area contributed by atoms with E-state index < -0.39 is 19.7 Å². The van der Waals surface area contributed by atoms with Gasteiger partial charge in [-0.05, 0) is 6.92 Å². The number of aryl methyl sites for hydroxylation is 1. The Labute approximate surface area is 105 Å². The fourth-order valence-corrected chi connectivity index (χ4v) is 2.07. The van der Waals surface area contributed by atoms with E-state index in [9.17, 15) is 8.78 Å². The van der Waals surface area contributed by atoms with Gasteiger partial charge in [0.05, 0.1) is 11.1 Å². The van der Waals surface area contributed by atoms with E-state index in [0.29, 0.717) is 11.3 Å². The van der Waals surface area contributed by atoms with Gasteiger partial charge in [-0.15, -0.1) is 5.54 Å². The smallest absolute Gasteiger partial charge is 0.169 e. The zero-order valence-corrected chi connectivity index (χ0v) is 11.8. The Kier molecular flexibility index (Phi) is 2.99. The lowest BCUT2D eigenvalue weighted by molar-refractivity contribution is 0.585. The molecule has 0 amide bonds. The number of hydrogen-bond donors (Lipinski definition) is 1. The maximum atomic E-state index is 14.1. The molecule has 1 aromatic carbocycles. The molecule has 0 aliphatic rings. The number of benzene rings is 1. The molecule has 18 heavy (non-hydrogen) atoms. The molecular formula is C13H14F2N2Si. The van der Waals surface area contributed by atoms with Crippen LogP contribution in [-0.4, -0.2) is 18.0 Å². The van der Waals surface area contributed by atoms with Crippen molar-refractivity contribution in [2.45, 2.75) is 26.6 Å². The largest absolute Gasteiger partial charge is 0.342 e. The van der Waals surface area contributed by atoms with E-state index in [-0.39, 0.29) is 11.1 Å². The van der Waals surface area contributed by atoms with E-state index in [1.807, 2.05) is 19.6 Å². The number of aromatic amines is 1. The summed E-state index contributed by atoms with van der Waals surface area (Å²) >= 11 is 0. The predicted octanol–water partition coefficient (Wildman–Crippen LogP) is 3.38. The molecule has 2 nitrogen and oxygen atoms in total. The van der Waals surface area contributed by atoms with Crippen LogP contribution in [-0.2, 0) is 0 Å². The molecule has 0 aliphatic carbocycles. The highest BCUT2D eigenvalue weighted by Crippen LogP contribution is 2.21. The van der Waals surface area contributed by atoms with E-state index in [1.54, 1.807) is 6.92 Å². The molecular weight excluding hydrogens is 250 g/mol. The lowest BCUT2D eigenvalue weighted by atomic mass is 10.2. The van der Waals surface area contributed by atoms with E-state index in [4.69, 9.17) is 0 Å². The average molecular weight is 264 g/mol. The van der Waals surface area contributed by atoms with E-state index in [1.165, 1.54) is 6.07 Å². The molecule has 1 heterocycles. The topological polar surface area (TPSA) is 28.7 Å². The van der Waals surface area contributed by atoms with E-state index in [0.717, 1.165) is 0 Å². The molecule has 1 aromatic heterocycles. The first-order valence-electron chi connectivity index (χ1n) is 5.65. The first kappa shape index (κ1) is 12.8. The quantitative estimate of drug-likeness (QED) is 0.573.